The van der Waals surface area contributed by atoms with E-state index in [-0.39, 0.29) is 11.4 Å². The van der Waals surface area contributed by atoms with Gasteiger partial charge in [-0.1, -0.05) is 25.1 Å². The zero-order valence-electron chi connectivity index (χ0n) is 11.8. The molecule has 1 amide bonds. The second-order valence-electron chi connectivity index (χ2n) is 5.49. The van der Waals surface area contributed by atoms with E-state index in [2.05, 4.69) is 38.3 Å². The van der Waals surface area contributed by atoms with E-state index in [9.17, 15) is 4.79 Å². The zero-order valence-corrected chi connectivity index (χ0v) is 11.8. The van der Waals surface area contributed by atoms with Crippen molar-refractivity contribution in [1.82, 2.24) is 5.32 Å². The fourth-order valence-corrected chi connectivity index (χ4v) is 1.71. The van der Waals surface area contributed by atoms with Crippen LogP contribution in [0.5, 0.6) is 0 Å². The summed E-state index contributed by atoms with van der Waals surface area (Å²) in [5, 5.41) is 6.28. The maximum absolute atomic E-state index is 11.8. The lowest BCUT2D eigenvalue weighted by Crippen LogP contribution is -2.37. The molecule has 0 spiro atoms. The molecule has 2 N–H and O–H groups in total. The minimum Gasteiger partial charge on any atom is -0.326 e. The van der Waals surface area contributed by atoms with E-state index in [1.807, 2.05) is 24.3 Å². The average Bonchev–Trinajstić information content (AvgIpc) is 2.28. The van der Waals surface area contributed by atoms with Crippen molar-refractivity contribution in [2.24, 2.45) is 0 Å². The summed E-state index contributed by atoms with van der Waals surface area (Å²) in [5.41, 5.74) is 2.16. The molecular weight excluding hydrogens is 224 g/mol. The predicted octanol–water partition coefficient (Wildman–Crippen LogP) is 2.97. The number of hydrogen-bond acceptors (Lipinski definition) is 2. The number of amides is 1. The van der Waals surface area contributed by atoms with Crippen molar-refractivity contribution in [1.29, 1.82) is 0 Å². The number of hydrogen-bond donors (Lipinski definition) is 2. The standard InChI is InChI=1S/C15H24N2O/c1-5-12-8-6-7-9-13(12)17-14(18)10-11-16-15(2,3)4/h6-9,16H,5,10-11H2,1-4H3,(H,17,18). The van der Waals surface area contributed by atoms with Gasteiger partial charge in [-0.3, -0.25) is 4.79 Å². The minimum atomic E-state index is 0.0571. The molecule has 1 aromatic rings. The van der Waals surface area contributed by atoms with Crippen molar-refractivity contribution in [3.63, 3.8) is 0 Å². The number of para-hydroxylation sites is 1. The molecule has 0 atom stereocenters. The molecule has 3 heteroatoms. The lowest BCUT2D eigenvalue weighted by atomic mass is 10.1. The largest absolute Gasteiger partial charge is 0.326 e. The Morgan fingerprint density at radius 3 is 2.50 bits per heavy atom. The number of carbonyl (C=O) groups is 1. The molecule has 0 unspecified atom stereocenters. The van der Waals surface area contributed by atoms with E-state index >= 15 is 0 Å². The van der Waals surface area contributed by atoms with E-state index in [0.29, 0.717) is 13.0 Å². The quantitative estimate of drug-likeness (QED) is 0.841. The van der Waals surface area contributed by atoms with Gasteiger partial charge in [-0.05, 0) is 38.8 Å². The second kappa shape index (κ2) is 6.55. The monoisotopic (exact) mass is 248 g/mol. The van der Waals surface area contributed by atoms with Crippen LogP contribution in [-0.2, 0) is 11.2 Å². The average molecular weight is 248 g/mol. The van der Waals surface area contributed by atoms with Crippen LogP contribution in [0.4, 0.5) is 5.69 Å². The molecule has 1 aromatic carbocycles. The second-order valence-corrected chi connectivity index (χ2v) is 5.49. The summed E-state index contributed by atoms with van der Waals surface area (Å²) in [6.07, 6.45) is 1.42. The molecule has 0 aliphatic heterocycles. The summed E-state index contributed by atoms with van der Waals surface area (Å²) in [5.74, 6) is 0.0626. The van der Waals surface area contributed by atoms with Crippen LogP contribution >= 0.6 is 0 Å². The molecule has 0 bridgehead atoms. The number of rotatable bonds is 5. The predicted molar refractivity (Wildman–Crippen MR) is 76.8 cm³/mol. The van der Waals surface area contributed by atoms with Crippen molar-refractivity contribution >= 4 is 11.6 Å². The number of carbonyl (C=O) groups excluding carboxylic acids is 1. The minimum absolute atomic E-state index is 0.0571. The Kier molecular flexibility index (Phi) is 5.35. The van der Waals surface area contributed by atoms with Crippen molar-refractivity contribution in [2.75, 3.05) is 11.9 Å². The van der Waals surface area contributed by atoms with E-state index in [4.69, 9.17) is 0 Å². The van der Waals surface area contributed by atoms with Crippen molar-refractivity contribution < 1.29 is 4.79 Å². The van der Waals surface area contributed by atoms with Gasteiger partial charge in [0.05, 0.1) is 0 Å². The van der Waals surface area contributed by atoms with E-state index in [0.717, 1.165) is 12.1 Å². The SMILES string of the molecule is CCc1ccccc1NC(=O)CCNC(C)(C)C. The Labute approximate surface area is 110 Å². The van der Waals surface area contributed by atoms with Crippen LogP contribution in [0.3, 0.4) is 0 Å². The summed E-state index contributed by atoms with van der Waals surface area (Å²) >= 11 is 0. The molecule has 1 rings (SSSR count). The number of anilines is 1. The highest BCUT2D eigenvalue weighted by Gasteiger charge is 2.10. The molecule has 100 valence electrons. The van der Waals surface area contributed by atoms with E-state index in [1.54, 1.807) is 0 Å². The van der Waals surface area contributed by atoms with Gasteiger partial charge in [0.15, 0.2) is 0 Å². The van der Waals surface area contributed by atoms with Gasteiger partial charge in [0.25, 0.3) is 0 Å². The first-order valence-electron chi connectivity index (χ1n) is 6.55. The summed E-state index contributed by atoms with van der Waals surface area (Å²) in [6.45, 7) is 9.07. The molecule has 0 saturated heterocycles. The first kappa shape index (κ1) is 14.7. The van der Waals surface area contributed by atoms with Crippen LogP contribution in [0.1, 0.15) is 39.7 Å². The van der Waals surface area contributed by atoms with E-state index in [1.165, 1.54) is 5.56 Å². The van der Waals surface area contributed by atoms with Crippen LogP contribution in [0.2, 0.25) is 0 Å². The first-order valence-corrected chi connectivity index (χ1v) is 6.55. The number of benzene rings is 1. The summed E-state index contributed by atoms with van der Waals surface area (Å²) < 4.78 is 0. The van der Waals surface area contributed by atoms with Crippen LogP contribution < -0.4 is 10.6 Å². The van der Waals surface area contributed by atoms with Crippen LogP contribution in [0.15, 0.2) is 24.3 Å². The number of aryl methyl sites for hydroxylation is 1. The Bertz CT molecular complexity index is 394. The fourth-order valence-electron chi connectivity index (χ4n) is 1.71. The third-order valence-electron chi connectivity index (χ3n) is 2.68. The zero-order chi connectivity index (χ0) is 13.6. The highest BCUT2D eigenvalue weighted by molar-refractivity contribution is 5.91. The van der Waals surface area contributed by atoms with Gasteiger partial charge in [0.1, 0.15) is 0 Å². The molecule has 0 fully saturated rings. The third-order valence-corrected chi connectivity index (χ3v) is 2.68. The highest BCUT2D eigenvalue weighted by Crippen LogP contribution is 2.15. The van der Waals surface area contributed by atoms with Crippen LogP contribution in [0, 0.1) is 0 Å². The molecule has 0 aromatic heterocycles. The molecule has 3 nitrogen and oxygen atoms in total. The molecule has 0 saturated carbocycles. The molecule has 0 radical (unpaired) electrons. The molecular formula is C15H24N2O. The Balaban J connectivity index is 2.45. The summed E-state index contributed by atoms with van der Waals surface area (Å²) in [6, 6.07) is 7.94. The molecule has 0 aliphatic rings. The highest BCUT2D eigenvalue weighted by atomic mass is 16.1. The van der Waals surface area contributed by atoms with E-state index < -0.39 is 0 Å². The van der Waals surface area contributed by atoms with Gasteiger partial charge in [-0.25, -0.2) is 0 Å². The van der Waals surface area contributed by atoms with Crippen LogP contribution in [-0.4, -0.2) is 18.0 Å². The summed E-state index contributed by atoms with van der Waals surface area (Å²) in [7, 11) is 0. The third kappa shape index (κ3) is 5.32. The lowest BCUT2D eigenvalue weighted by Gasteiger charge is -2.20. The van der Waals surface area contributed by atoms with Gasteiger partial charge >= 0.3 is 0 Å². The van der Waals surface area contributed by atoms with Gasteiger partial charge in [0.2, 0.25) is 5.91 Å². The molecule has 0 aliphatic carbocycles. The van der Waals surface area contributed by atoms with Crippen molar-refractivity contribution in [3.8, 4) is 0 Å². The maximum atomic E-state index is 11.8. The normalized spacial score (nSPS) is 11.3. The topological polar surface area (TPSA) is 41.1 Å². The van der Waals surface area contributed by atoms with Crippen molar-refractivity contribution in [2.45, 2.75) is 46.1 Å². The van der Waals surface area contributed by atoms with Gasteiger partial charge in [-0.2, -0.15) is 0 Å². The van der Waals surface area contributed by atoms with Crippen LogP contribution in [0.25, 0.3) is 0 Å². The number of nitrogens with one attached hydrogen (secondary N) is 2. The maximum Gasteiger partial charge on any atom is 0.225 e. The van der Waals surface area contributed by atoms with Gasteiger partial charge in [0, 0.05) is 24.2 Å². The Hall–Kier alpha value is -1.35. The van der Waals surface area contributed by atoms with Gasteiger partial charge in [-0.15, -0.1) is 0 Å². The van der Waals surface area contributed by atoms with Crippen molar-refractivity contribution in [3.05, 3.63) is 29.8 Å². The summed E-state index contributed by atoms with van der Waals surface area (Å²) in [4.78, 5) is 11.8. The van der Waals surface area contributed by atoms with Gasteiger partial charge < -0.3 is 10.6 Å². The fraction of sp³-hybridized carbons (Fsp3) is 0.533. The Morgan fingerprint density at radius 1 is 1.22 bits per heavy atom. The Morgan fingerprint density at radius 2 is 1.89 bits per heavy atom. The first-order chi connectivity index (χ1) is 8.42. The smallest absolute Gasteiger partial charge is 0.225 e. The lowest BCUT2D eigenvalue weighted by molar-refractivity contribution is -0.116. The molecule has 0 heterocycles. The molecule has 18 heavy (non-hydrogen) atoms.